The van der Waals surface area contributed by atoms with Crippen LogP contribution in [0.2, 0.25) is 0 Å². The first-order valence-electron chi connectivity index (χ1n) is 6.76. The molecule has 0 radical (unpaired) electrons. The maximum atomic E-state index is 12.2. The first-order valence-corrected chi connectivity index (χ1v) is 7.64. The van der Waals surface area contributed by atoms with E-state index in [2.05, 4.69) is 25.6 Å². The van der Waals surface area contributed by atoms with Crippen LogP contribution in [0.3, 0.4) is 0 Å². The predicted molar refractivity (Wildman–Crippen MR) is 82.8 cm³/mol. The summed E-state index contributed by atoms with van der Waals surface area (Å²) in [7, 11) is 0. The Morgan fingerprint density at radius 2 is 2.14 bits per heavy atom. The summed E-state index contributed by atoms with van der Waals surface area (Å²) in [4.78, 5) is 23.8. The molecule has 1 aliphatic carbocycles. The van der Waals surface area contributed by atoms with Crippen molar-refractivity contribution < 1.29 is 4.79 Å². The summed E-state index contributed by atoms with van der Waals surface area (Å²) in [6, 6.07) is 8.16. The summed E-state index contributed by atoms with van der Waals surface area (Å²) in [6.45, 7) is 0. The van der Waals surface area contributed by atoms with Crippen molar-refractivity contribution in [3.63, 3.8) is 0 Å². The number of thiazole rings is 1. The number of carbonyl (C=O) groups is 1. The van der Waals surface area contributed by atoms with Crippen molar-refractivity contribution in [2.75, 3.05) is 10.6 Å². The maximum absolute atomic E-state index is 12.2. The molecule has 3 N–H and O–H groups in total. The van der Waals surface area contributed by atoms with Crippen molar-refractivity contribution in [1.29, 1.82) is 0 Å². The average Bonchev–Trinajstić information content (AvgIpc) is 3.00. The molecule has 0 atom stereocenters. The molecular formula is C14H13N5OS. The Kier molecular flexibility index (Phi) is 2.85. The first-order chi connectivity index (χ1) is 10.3. The summed E-state index contributed by atoms with van der Waals surface area (Å²) in [6.07, 6.45) is 2.36. The number of nitrogens with zero attached hydrogens (tertiary/aromatic N) is 2. The number of hydrogen-bond acceptors (Lipinski definition) is 5. The minimum Gasteiger partial charge on any atom is -0.359 e. The Morgan fingerprint density at radius 1 is 1.29 bits per heavy atom. The van der Waals surface area contributed by atoms with E-state index in [1.54, 1.807) is 5.38 Å². The van der Waals surface area contributed by atoms with Gasteiger partial charge in [0.2, 0.25) is 5.95 Å². The Morgan fingerprint density at radius 3 is 2.95 bits per heavy atom. The number of H-pyrrole nitrogens is 1. The second-order valence-electron chi connectivity index (χ2n) is 5.01. The topological polar surface area (TPSA) is 82.7 Å². The number of imidazole rings is 1. The zero-order valence-corrected chi connectivity index (χ0v) is 11.9. The number of anilines is 2. The highest BCUT2D eigenvalue weighted by atomic mass is 32.1. The normalized spacial score (nSPS) is 14.3. The van der Waals surface area contributed by atoms with Crippen LogP contribution in [-0.2, 0) is 0 Å². The number of carbonyl (C=O) groups excluding carboxylic acids is 1. The Hall–Kier alpha value is -2.41. The number of rotatable bonds is 4. The molecule has 1 saturated carbocycles. The molecule has 7 heteroatoms. The molecule has 0 aliphatic heterocycles. The SMILES string of the molecule is O=C(Nc1nc2ccccc2[nH]1)c1csc(NC2CC2)n1. The van der Waals surface area contributed by atoms with Crippen LogP contribution in [0.5, 0.6) is 0 Å². The predicted octanol–water partition coefficient (Wildman–Crippen LogP) is 2.85. The monoisotopic (exact) mass is 299 g/mol. The van der Waals surface area contributed by atoms with E-state index in [1.165, 1.54) is 24.2 Å². The molecule has 1 fully saturated rings. The Bertz CT molecular complexity index is 771. The van der Waals surface area contributed by atoms with Gasteiger partial charge in [-0.2, -0.15) is 0 Å². The first kappa shape index (κ1) is 12.3. The number of aromatic amines is 1. The highest BCUT2D eigenvalue weighted by Gasteiger charge is 2.22. The second-order valence-corrected chi connectivity index (χ2v) is 5.87. The Balaban J connectivity index is 1.50. The van der Waals surface area contributed by atoms with Crippen molar-refractivity contribution in [2.45, 2.75) is 18.9 Å². The quantitative estimate of drug-likeness (QED) is 0.692. The fourth-order valence-electron chi connectivity index (χ4n) is 2.03. The van der Waals surface area contributed by atoms with Gasteiger partial charge < -0.3 is 10.3 Å². The van der Waals surface area contributed by atoms with Gasteiger partial charge in [0.25, 0.3) is 5.91 Å². The van der Waals surface area contributed by atoms with Crippen LogP contribution in [0, 0.1) is 0 Å². The van der Waals surface area contributed by atoms with Gasteiger partial charge >= 0.3 is 0 Å². The van der Waals surface area contributed by atoms with E-state index in [0.29, 0.717) is 17.7 Å². The van der Waals surface area contributed by atoms with Gasteiger partial charge in [-0.05, 0) is 25.0 Å². The van der Waals surface area contributed by atoms with Gasteiger partial charge in [0.1, 0.15) is 5.69 Å². The largest absolute Gasteiger partial charge is 0.359 e. The van der Waals surface area contributed by atoms with Crippen LogP contribution < -0.4 is 10.6 Å². The van der Waals surface area contributed by atoms with Gasteiger partial charge in [-0.1, -0.05) is 12.1 Å². The van der Waals surface area contributed by atoms with Crippen LogP contribution in [0.25, 0.3) is 11.0 Å². The fraction of sp³-hybridized carbons (Fsp3) is 0.214. The lowest BCUT2D eigenvalue weighted by Crippen LogP contribution is -2.13. The average molecular weight is 299 g/mol. The molecule has 2 aromatic heterocycles. The third-order valence-electron chi connectivity index (χ3n) is 3.26. The van der Waals surface area contributed by atoms with E-state index in [-0.39, 0.29) is 5.91 Å². The number of para-hydroxylation sites is 2. The molecule has 6 nitrogen and oxygen atoms in total. The molecule has 1 aliphatic rings. The summed E-state index contributed by atoms with van der Waals surface area (Å²) in [5.41, 5.74) is 2.12. The molecule has 1 aromatic carbocycles. The van der Waals surface area contributed by atoms with Crippen molar-refractivity contribution in [1.82, 2.24) is 15.0 Å². The Labute approximate surface area is 124 Å². The summed E-state index contributed by atoms with van der Waals surface area (Å²) in [5, 5.41) is 8.57. The van der Waals surface area contributed by atoms with E-state index in [1.807, 2.05) is 24.3 Å². The smallest absolute Gasteiger partial charge is 0.277 e. The summed E-state index contributed by atoms with van der Waals surface area (Å²) in [5.74, 6) is 0.181. The van der Waals surface area contributed by atoms with Crippen LogP contribution in [-0.4, -0.2) is 26.9 Å². The van der Waals surface area contributed by atoms with E-state index >= 15 is 0 Å². The number of fused-ring (bicyclic) bond motifs is 1. The number of benzene rings is 1. The van der Waals surface area contributed by atoms with Crippen molar-refractivity contribution in [3.8, 4) is 0 Å². The number of amides is 1. The molecule has 0 saturated heterocycles. The van der Waals surface area contributed by atoms with Gasteiger partial charge in [-0.25, -0.2) is 9.97 Å². The van der Waals surface area contributed by atoms with Gasteiger partial charge in [-0.15, -0.1) is 11.3 Å². The molecule has 3 aromatic rings. The minimum atomic E-state index is -0.255. The van der Waals surface area contributed by atoms with Crippen LogP contribution in [0.1, 0.15) is 23.3 Å². The van der Waals surface area contributed by atoms with Crippen molar-refractivity contribution in [3.05, 3.63) is 35.3 Å². The maximum Gasteiger partial charge on any atom is 0.277 e. The molecule has 21 heavy (non-hydrogen) atoms. The number of nitrogens with one attached hydrogen (secondary N) is 3. The highest BCUT2D eigenvalue weighted by molar-refractivity contribution is 7.13. The lowest BCUT2D eigenvalue weighted by atomic mass is 10.3. The van der Waals surface area contributed by atoms with Crippen LogP contribution >= 0.6 is 11.3 Å². The van der Waals surface area contributed by atoms with Gasteiger partial charge in [-0.3, -0.25) is 10.1 Å². The third kappa shape index (κ3) is 2.59. The zero-order chi connectivity index (χ0) is 14.2. The number of aromatic nitrogens is 3. The van der Waals surface area contributed by atoms with E-state index in [9.17, 15) is 4.79 Å². The van der Waals surface area contributed by atoms with E-state index in [0.717, 1.165) is 16.2 Å². The van der Waals surface area contributed by atoms with Gasteiger partial charge in [0.05, 0.1) is 11.0 Å². The molecule has 2 heterocycles. The molecule has 1 amide bonds. The standard InChI is InChI=1S/C14H13N5OS/c20-12(11-7-21-14(18-11)15-8-5-6-8)19-13-16-9-3-1-2-4-10(9)17-13/h1-4,7-8H,5-6H2,(H,15,18)(H2,16,17,19,20). The van der Waals surface area contributed by atoms with E-state index < -0.39 is 0 Å². The van der Waals surface area contributed by atoms with E-state index in [4.69, 9.17) is 0 Å². The molecule has 0 unspecified atom stereocenters. The highest BCUT2D eigenvalue weighted by Crippen LogP contribution is 2.26. The van der Waals surface area contributed by atoms with Crippen molar-refractivity contribution in [2.24, 2.45) is 0 Å². The molecule has 4 rings (SSSR count). The van der Waals surface area contributed by atoms with Crippen LogP contribution in [0.4, 0.5) is 11.1 Å². The summed E-state index contributed by atoms with van der Waals surface area (Å²) < 4.78 is 0. The zero-order valence-electron chi connectivity index (χ0n) is 11.1. The van der Waals surface area contributed by atoms with Crippen molar-refractivity contribution >= 4 is 39.4 Å². The van der Waals surface area contributed by atoms with Crippen LogP contribution in [0.15, 0.2) is 29.6 Å². The van der Waals surface area contributed by atoms with Gasteiger partial charge in [0.15, 0.2) is 5.13 Å². The lowest BCUT2D eigenvalue weighted by Gasteiger charge is -1.98. The second kappa shape index (κ2) is 4.85. The molecule has 0 bridgehead atoms. The third-order valence-corrected chi connectivity index (χ3v) is 4.04. The minimum absolute atomic E-state index is 0.255. The fourth-order valence-corrected chi connectivity index (χ4v) is 2.80. The number of hydrogen-bond donors (Lipinski definition) is 3. The molecular weight excluding hydrogens is 286 g/mol. The molecule has 106 valence electrons. The molecule has 0 spiro atoms. The lowest BCUT2D eigenvalue weighted by molar-refractivity contribution is 0.102. The van der Waals surface area contributed by atoms with Gasteiger partial charge in [0, 0.05) is 11.4 Å². The summed E-state index contributed by atoms with van der Waals surface area (Å²) >= 11 is 1.45.